The zero-order valence-corrected chi connectivity index (χ0v) is 9.67. The molecule has 0 spiro atoms. The summed E-state index contributed by atoms with van der Waals surface area (Å²) in [6.45, 7) is 0.0355. The average molecular weight is 292 g/mol. The Labute approximate surface area is 98.8 Å². The quantitative estimate of drug-likeness (QED) is 0.802. The lowest BCUT2D eigenvalue weighted by Crippen LogP contribution is -2.26. The molecule has 1 aromatic rings. The minimum absolute atomic E-state index is 0.0187. The van der Waals surface area contributed by atoms with Gasteiger partial charge in [0.2, 0.25) is 5.91 Å². The summed E-state index contributed by atoms with van der Waals surface area (Å²) in [5.41, 5.74) is -0.0187. The van der Waals surface area contributed by atoms with Gasteiger partial charge in [-0.05, 0) is 22.0 Å². The van der Waals surface area contributed by atoms with E-state index < -0.39 is 17.7 Å². The molecule has 16 heavy (non-hydrogen) atoms. The lowest BCUT2D eigenvalue weighted by Gasteiger charge is -2.17. The number of rotatable bonds is 1. The number of benzene rings is 1. The van der Waals surface area contributed by atoms with Crippen LogP contribution < -0.4 is 4.90 Å². The molecule has 1 fully saturated rings. The van der Waals surface area contributed by atoms with Crippen LogP contribution in [0.25, 0.3) is 0 Å². The smallest absolute Gasteiger partial charge is 0.229 e. The van der Waals surface area contributed by atoms with Crippen LogP contribution in [0.4, 0.5) is 14.5 Å². The van der Waals surface area contributed by atoms with Crippen molar-refractivity contribution >= 4 is 27.5 Å². The largest absolute Gasteiger partial charge is 0.391 e. The molecule has 0 aliphatic carbocycles. The Morgan fingerprint density at radius 2 is 2.06 bits per heavy atom. The van der Waals surface area contributed by atoms with Crippen LogP contribution >= 0.6 is 15.9 Å². The Hall–Kier alpha value is -1.01. The molecule has 1 atom stereocenters. The van der Waals surface area contributed by atoms with E-state index in [1.807, 2.05) is 0 Å². The molecule has 1 N–H and O–H groups in total. The topological polar surface area (TPSA) is 40.5 Å². The molecule has 0 bridgehead atoms. The third-order valence-corrected chi connectivity index (χ3v) is 2.99. The Bertz CT molecular complexity index is 453. The second-order valence-electron chi connectivity index (χ2n) is 3.58. The monoisotopic (exact) mass is 291 g/mol. The van der Waals surface area contributed by atoms with Crippen molar-refractivity contribution in [3.8, 4) is 0 Å². The number of nitrogens with zero attached hydrogens (tertiary/aromatic N) is 1. The van der Waals surface area contributed by atoms with Gasteiger partial charge in [-0.3, -0.25) is 4.79 Å². The minimum Gasteiger partial charge on any atom is -0.391 e. The predicted molar refractivity (Wildman–Crippen MR) is 57.0 cm³/mol. The van der Waals surface area contributed by atoms with Crippen molar-refractivity contribution in [2.24, 2.45) is 0 Å². The van der Waals surface area contributed by atoms with Crippen molar-refractivity contribution in [3.63, 3.8) is 0 Å². The first kappa shape index (κ1) is 11.5. The molecule has 1 amide bonds. The van der Waals surface area contributed by atoms with E-state index in [1.54, 1.807) is 0 Å². The van der Waals surface area contributed by atoms with E-state index in [9.17, 15) is 18.7 Å². The third kappa shape index (κ3) is 1.94. The summed E-state index contributed by atoms with van der Waals surface area (Å²) in [7, 11) is 0. The summed E-state index contributed by atoms with van der Waals surface area (Å²) < 4.78 is 26.5. The Kier molecular flexibility index (Phi) is 2.94. The van der Waals surface area contributed by atoms with Crippen molar-refractivity contribution in [2.45, 2.75) is 12.5 Å². The number of anilines is 1. The van der Waals surface area contributed by atoms with Crippen LogP contribution in [0, 0.1) is 11.6 Å². The van der Waals surface area contributed by atoms with E-state index in [2.05, 4.69) is 15.9 Å². The lowest BCUT2D eigenvalue weighted by atomic mass is 10.2. The molecular weight excluding hydrogens is 284 g/mol. The zero-order chi connectivity index (χ0) is 11.9. The van der Waals surface area contributed by atoms with Crippen molar-refractivity contribution in [3.05, 3.63) is 28.2 Å². The number of hydrogen-bond donors (Lipinski definition) is 1. The highest BCUT2D eigenvalue weighted by atomic mass is 79.9. The van der Waals surface area contributed by atoms with Crippen LogP contribution in [-0.2, 0) is 4.79 Å². The zero-order valence-electron chi connectivity index (χ0n) is 8.08. The summed E-state index contributed by atoms with van der Waals surface area (Å²) in [4.78, 5) is 12.5. The summed E-state index contributed by atoms with van der Waals surface area (Å²) in [5.74, 6) is -1.92. The van der Waals surface area contributed by atoms with E-state index in [1.165, 1.54) is 6.07 Å². The maximum Gasteiger partial charge on any atom is 0.229 e. The molecule has 0 aromatic heterocycles. The van der Waals surface area contributed by atoms with E-state index in [4.69, 9.17) is 0 Å². The number of halogens is 3. The average Bonchev–Trinajstić information content (AvgIpc) is 2.51. The van der Waals surface area contributed by atoms with Crippen molar-refractivity contribution in [1.29, 1.82) is 0 Å². The standard InChI is InChI=1S/C10H8BrF2NO2/c11-6-2-9(8(13)3-7(6)12)14-4-5(15)1-10(14)16/h2-3,5,15H,1,4H2. The Morgan fingerprint density at radius 3 is 2.62 bits per heavy atom. The SMILES string of the molecule is O=C1CC(O)CN1c1cc(Br)c(F)cc1F. The molecule has 3 nitrogen and oxygen atoms in total. The normalized spacial score (nSPS) is 20.6. The van der Waals surface area contributed by atoms with Crippen molar-refractivity contribution in [1.82, 2.24) is 0 Å². The second kappa shape index (κ2) is 4.10. The van der Waals surface area contributed by atoms with Gasteiger partial charge in [-0.1, -0.05) is 0 Å². The number of aliphatic hydroxyl groups excluding tert-OH is 1. The number of β-amino-alcohol motifs (C(OH)–C–C–N with tert-alkyl or cyclic N) is 1. The Balaban J connectivity index is 2.41. The van der Waals surface area contributed by atoms with E-state index in [-0.39, 0.29) is 29.0 Å². The molecule has 6 heteroatoms. The van der Waals surface area contributed by atoms with E-state index in [0.29, 0.717) is 6.07 Å². The number of aliphatic hydroxyl groups is 1. The molecule has 1 heterocycles. The highest BCUT2D eigenvalue weighted by Crippen LogP contribution is 2.29. The van der Waals surface area contributed by atoms with Gasteiger partial charge in [-0.15, -0.1) is 0 Å². The van der Waals surface area contributed by atoms with Crippen LogP contribution in [0.2, 0.25) is 0 Å². The molecule has 1 aliphatic rings. The maximum absolute atomic E-state index is 13.4. The van der Waals surface area contributed by atoms with Crippen LogP contribution in [0.1, 0.15) is 6.42 Å². The number of carbonyl (C=O) groups is 1. The number of carbonyl (C=O) groups excluding carboxylic acids is 1. The molecular formula is C10H8BrF2NO2. The van der Waals surface area contributed by atoms with Gasteiger partial charge in [0.15, 0.2) is 0 Å². The molecule has 0 radical (unpaired) electrons. The highest BCUT2D eigenvalue weighted by molar-refractivity contribution is 9.10. The predicted octanol–water partition coefficient (Wildman–Crippen LogP) is 1.82. The van der Waals surface area contributed by atoms with Gasteiger partial charge < -0.3 is 10.0 Å². The number of amides is 1. The molecule has 1 unspecified atom stereocenters. The van der Waals surface area contributed by atoms with Gasteiger partial charge in [0.05, 0.1) is 29.2 Å². The van der Waals surface area contributed by atoms with Gasteiger partial charge in [0.25, 0.3) is 0 Å². The van der Waals surface area contributed by atoms with Gasteiger partial charge in [0.1, 0.15) is 11.6 Å². The second-order valence-corrected chi connectivity index (χ2v) is 4.43. The molecule has 0 saturated carbocycles. The highest BCUT2D eigenvalue weighted by Gasteiger charge is 2.31. The maximum atomic E-state index is 13.4. The number of hydrogen-bond acceptors (Lipinski definition) is 2. The van der Waals surface area contributed by atoms with Gasteiger partial charge >= 0.3 is 0 Å². The fourth-order valence-corrected chi connectivity index (χ4v) is 1.97. The van der Waals surface area contributed by atoms with Crippen molar-refractivity contribution < 1.29 is 18.7 Å². The van der Waals surface area contributed by atoms with Crippen molar-refractivity contribution in [2.75, 3.05) is 11.4 Å². The molecule has 1 saturated heterocycles. The van der Waals surface area contributed by atoms with Crippen LogP contribution in [0.15, 0.2) is 16.6 Å². The third-order valence-electron chi connectivity index (χ3n) is 2.39. The van der Waals surface area contributed by atoms with Gasteiger partial charge in [-0.2, -0.15) is 0 Å². The van der Waals surface area contributed by atoms with Crippen LogP contribution in [-0.4, -0.2) is 23.7 Å². The fraction of sp³-hybridized carbons (Fsp3) is 0.300. The molecule has 1 aliphatic heterocycles. The fourth-order valence-electron chi connectivity index (χ4n) is 1.64. The first-order valence-electron chi connectivity index (χ1n) is 4.62. The summed E-state index contributed by atoms with van der Waals surface area (Å²) in [6, 6.07) is 1.90. The molecule has 86 valence electrons. The Morgan fingerprint density at radius 1 is 1.38 bits per heavy atom. The summed E-state index contributed by atoms with van der Waals surface area (Å²) in [6.07, 6.45) is -0.829. The minimum atomic E-state index is -0.817. The summed E-state index contributed by atoms with van der Waals surface area (Å²) >= 11 is 2.92. The van der Waals surface area contributed by atoms with Crippen LogP contribution in [0.3, 0.4) is 0 Å². The first-order valence-corrected chi connectivity index (χ1v) is 5.41. The summed E-state index contributed by atoms with van der Waals surface area (Å²) in [5, 5.41) is 9.28. The van der Waals surface area contributed by atoms with E-state index >= 15 is 0 Å². The van der Waals surface area contributed by atoms with Crippen LogP contribution in [0.5, 0.6) is 0 Å². The van der Waals surface area contributed by atoms with Gasteiger partial charge in [-0.25, -0.2) is 8.78 Å². The molecule has 1 aromatic carbocycles. The lowest BCUT2D eigenvalue weighted by molar-refractivity contribution is -0.117. The van der Waals surface area contributed by atoms with E-state index in [0.717, 1.165) is 4.90 Å². The first-order chi connectivity index (χ1) is 7.49. The van der Waals surface area contributed by atoms with Gasteiger partial charge in [0, 0.05) is 6.07 Å². The molecule has 2 rings (SSSR count).